The molecule has 19 heavy (non-hydrogen) atoms. The molecule has 1 aromatic carbocycles. The summed E-state index contributed by atoms with van der Waals surface area (Å²) in [4.78, 5) is 0. The van der Waals surface area contributed by atoms with Gasteiger partial charge in [-0.05, 0) is 61.8 Å². The van der Waals surface area contributed by atoms with Gasteiger partial charge in [0.15, 0.2) is 0 Å². The van der Waals surface area contributed by atoms with Crippen molar-refractivity contribution in [1.82, 2.24) is 5.32 Å². The highest BCUT2D eigenvalue weighted by Gasteiger charge is 2.60. The van der Waals surface area contributed by atoms with E-state index in [9.17, 15) is 0 Å². The van der Waals surface area contributed by atoms with E-state index < -0.39 is 0 Å². The lowest BCUT2D eigenvalue weighted by atomic mass is 9.56. The average molecular weight is 259 g/mol. The number of methoxy groups -OCH3 is 1. The van der Waals surface area contributed by atoms with Crippen LogP contribution >= 0.6 is 0 Å². The molecule has 0 atom stereocenters. The molecule has 2 nitrogen and oxygen atoms in total. The smallest absolute Gasteiger partial charge is 0.119 e. The van der Waals surface area contributed by atoms with Gasteiger partial charge >= 0.3 is 0 Å². The van der Waals surface area contributed by atoms with Gasteiger partial charge < -0.3 is 10.1 Å². The average Bonchev–Trinajstić information content (AvgIpc) is 3.18. The van der Waals surface area contributed by atoms with E-state index in [1.165, 1.54) is 37.7 Å². The number of benzene rings is 1. The lowest BCUT2D eigenvalue weighted by molar-refractivity contribution is 0.116. The van der Waals surface area contributed by atoms with Crippen molar-refractivity contribution >= 4 is 0 Å². The zero-order valence-corrected chi connectivity index (χ0v) is 12.2. The molecule has 0 bridgehead atoms. The summed E-state index contributed by atoms with van der Waals surface area (Å²) in [6.45, 7) is 4.48. The van der Waals surface area contributed by atoms with Gasteiger partial charge in [-0.1, -0.05) is 19.1 Å². The van der Waals surface area contributed by atoms with Crippen molar-refractivity contribution in [3.63, 3.8) is 0 Å². The van der Waals surface area contributed by atoms with Gasteiger partial charge in [-0.25, -0.2) is 0 Å². The number of hydrogen-bond acceptors (Lipinski definition) is 2. The Kier molecular flexibility index (Phi) is 3.30. The molecule has 0 unspecified atom stereocenters. The van der Waals surface area contributed by atoms with Crippen molar-refractivity contribution in [1.29, 1.82) is 0 Å². The van der Waals surface area contributed by atoms with Crippen LogP contribution < -0.4 is 10.1 Å². The van der Waals surface area contributed by atoms with Crippen molar-refractivity contribution in [2.45, 2.75) is 44.4 Å². The van der Waals surface area contributed by atoms with Crippen LogP contribution in [0.3, 0.4) is 0 Å². The molecule has 0 aliphatic heterocycles. The summed E-state index contributed by atoms with van der Waals surface area (Å²) in [6, 6.07) is 8.70. The molecule has 1 aromatic rings. The van der Waals surface area contributed by atoms with E-state index in [0.29, 0.717) is 5.41 Å². The quantitative estimate of drug-likeness (QED) is 0.789. The van der Waals surface area contributed by atoms with Gasteiger partial charge in [0.1, 0.15) is 5.75 Å². The summed E-state index contributed by atoms with van der Waals surface area (Å²) in [5.74, 6) is 0.990. The van der Waals surface area contributed by atoms with Crippen LogP contribution in [-0.2, 0) is 5.41 Å². The third kappa shape index (κ3) is 2.38. The zero-order valence-electron chi connectivity index (χ0n) is 12.2. The van der Waals surface area contributed by atoms with E-state index in [0.717, 1.165) is 24.3 Å². The SMILES string of the molecule is CCCNCC1(c2cccc(OC)c2)CC2(CC2)C1. The predicted molar refractivity (Wildman–Crippen MR) is 78.7 cm³/mol. The van der Waals surface area contributed by atoms with E-state index in [-0.39, 0.29) is 0 Å². The van der Waals surface area contributed by atoms with Crippen molar-refractivity contribution in [2.75, 3.05) is 20.2 Å². The molecule has 1 spiro atoms. The first-order chi connectivity index (χ1) is 9.22. The maximum absolute atomic E-state index is 5.39. The minimum Gasteiger partial charge on any atom is -0.497 e. The third-order valence-electron chi connectivity index (χ3n) is 4.96. The molecule has 2 saturated carbocycles. The molecule has 2 aliphatic rings. The Hall–Kier alpha value is -1.02. The Balaban J connectivity index is 1.78. The summed E-state index contributed by atoms with van der Waals surface area (Å²) in [7, 11) is 1.75. The Labute approximate surface area is 116 Å². The maximum atomic E-state index is 5.39. The van der Waals surface area contributed by atoms with Crippen LogP contribution in [0.4, 0.5) is 0 Å². The van der Waals surface area contributed by atoms with Crippen LogP contribution in [-0.4, -0.2) is 20.2 Å². The Morgan fingerprint density at radius 2 is 2.05 bits per heavy atom. The van der Waals surface area contributed by atoms with Crippen molar-refractivity contribution in [3.8, 4) is 5.75 Å². The molecule has 0 saturated heterocycles. The van der Waals surface area contributed by atoms with E-state index in [2.05, 4.69) is 30.4 Å². The number of ether oxygens (including phenoxy) is 1. The minimum atomic E-state index is 0.361. The molecule has 0 aromatic heterocycles. The van der Waals surface area contributed by atoms with E-state index in [1.54, 1.807) is 7.11 Å². The minimum absolute atomic E-state index is 0.361. The highest BCUT2D eigenvalue weighted by Crippen LogP contribution is 2.68. The first-order valence-electron chi connectivity index (χ1n) is 7.57. The number of nitrogens with one attached hydrogen (secondary N) is 1. The van der Waals surface area contributed by atoms with Gasteiger partial charge in [-0.3, -0.25) is 0 Å². The van der Waals surface area contributed by atoms with E-state index >= 15 is 0 Å². The molecule has 2 heteroatoms. The summed E-state index contributed by atoms with van der Waals surface area (Å²) in [5, 5.41) is 3.64. The third-order valence-corrected chi connectivity index (χ3v) is 4.96. The normalized spacial score (nSPS) is 22.0. The monoisotopic (exact) mass is 259 g/mol. The van der Waals surface area contributed by atoms with Crippen LogP contribution in [0.25, 0.3) is 0 Å². The molecule has 2 aliphatic carbocycles. The lowest BCUT2D eigenvalue weighted by Crippen LogP contribution is -2.49. The molecule has 1 N–H and O–H groups in total. The van der Waals surface area contributed by atoms with Crippen LogP contribution in [0.15, 0.2) is 24.3 Å². The fourth-order valence-corrected chi connectivity index (χ4v) is 3.80. The summed E-state index contributed by atoms with van der Waals surface area (Å²) >= 11 is 0. The second-order valence-corrected chi connectivity index (χ2v) is 6.54. The Bertz CT molecular complexity index is 442. The highest BCUT2D eigenvalue weighted by atomic mass is 16.5. The first-order valence-corrected chi connectivity index (χ1v) is 7.57. The zero-order chi connectivity index (χ0) is 13.3. The fraction of sp³-hybridized carbons (Fsp3) is 0.647. The Morgan fingerprint density at radius 3 is 2.68 bits per heavy atom. The van der Waals surface area contributed by atoms with Crippen LogP contribution in [0.1, 0.15) is 44.6 Å². The molecule has 0 amide bonds. The van der Waals surface area contributed by atoms with Crippen LogP contribution in [0, 0.1) is 5.41 Å². The predicted octanol–water partition coefficient (Wildman–Crippen LogP) is 3.51. The van der Waals surface area contributed by atoms with E-state index in [1.807, 2.05) is 6.07 Å². The molecule has 2 fully saturated rings. The fourth-order valence-electron chi connectivity index (χ4n) is 3.80. The maximum Gasteiger partial charge on any atom is 0.119 e. The second-order valence-electron chi connectivity index (χ2n) is 6.54. The first kappa shape index (κ1) is 13.0. The molecular formula is C17H25NO. The van der Waals surface area contributed by atoms with Crippen molar-refractivity contribution in [2.24, 2.45) is 5.41 Å². The molecular weight excluding hydrogens is 234 g/mol. The van der Waals surface area contributed by atoms with Gasteiger partial charge in [0.2, 0.25) is 0 Å². The topological polar surface area (TPSA) is 21.3 Å². The lowest BCUT2D eigenvalue weighted by Gasteiger charge is -2.49. The summed E-state index contributed by atoms with van der Waals surface area (Å²) in [5.41, 5.74) is 2.55. The van der Waals surface area contributed by atoms with Crippen LogP contribution in [0.2, 0.25) is 0 Å². The standard InChI is InChI=1S/C17H25NO/c1-3-9-18-13-17(11-16(12-17)7-8-16)14-5-4-6-15(10-14)19-2/h4-6,10,18H,3,7-9,11-13H2,1-2H3. The second kappa shape index (κ2) is 4.82. The van der Waals surface area contributed by atoms with Gasteiger partial charge in [-0.15, -0.1) is 0 Å². The van der Waals surface area contributed by atoms with Gasteiger partial charge in [0.25, 0.3) is 0 Å². The largest absolute Gasteiger partial charge is 0.497 e. The molecule has 104 valence electrons. The van der Waals surface area contributed by atoms with Gasteiger partial charge in [0, 0.05) is 12.0 Å². The highest BCUT2D eigenvalue weighted by molar-refractivity contribution is 5.38. The van der Waals surface area contributed by atoms with Crippen molar-refractivity contribution in [3.05, 3.63) is 29.8 Å². The summed E-state index contributed by atoms with van der Waals surface area (Å²) < 4.78 is 5.39. The molecule has 0 heterocycles. The van der Waals surface area contributed by atoms with E-state index in [4.69, 9.17) is 4.74 Å². The number of hydrogen-bond donors (Lipinski definition) is 1. The van der Waals surface area contributed by atoms with Gasteiger partial charge in [0.05, 0.1) is 7.11 Å². The van der Waals surface area contributed by atoms with Gasteiger partial charge in [-0.2, -0.15) is 0 Å². The summed E-state index contributed by atoms with van der Waals surface area (Å²) in [6.07, 6.45) is 6.84. The number of rotatable bonds is 6. The van der Waals surface area contributed by atoms with Crippen molar-refractivity contribution < 1.29 is 4.74 Å². The Morgan fingerprint density at radius 1 is 1.26 bits per heavy atom. The molecule has 3 rings (SSSR count). The van der Waals surface area contributed by atoms with Crippen LogP contribution in [0.5, 0.6) is 5.75 Å². The molecule has 0 radical (unpaired) electrons.